The van der Waals surface area contributed by atoms with Crippen LogP contribution in [0.15, 0.2) is 45.6 Å². The maximum Gasteiger partial charge on any atom is 0.254 e. The van der Waals surface area contributed by atoms with Crippen LogP contribution in [0.25, 0.3) is 0 Å². The standard InChI is InChI=1S/C16H18BrN3O3/c1-11(2)9-20(10-15(21)18-14-7-8-23-19-14)16(22)12-3-5-13(17)6-4-12/h3-8,11H,9-10H2,1-2H3,(H,18,19,21). The van der Waals surface area contributed by atoms with Gasteiger partial charge in [0.25, 0.3) is 5.91 Å². The molecule has 0 saturated heterocycles. The van der Waals surface area contributed by atoms with Crippen LogP contribution in [0.4, 0.5) is 5.82 Å². The number of benzene rings is 1. The monoisotopic (exact) mass is 379 g/mol. The summed E-state index contributed by atoms with van der Waals surface area (Å²) in [5.41, 5.74) is 0.545. The summed E-state index contributed by atoms with van der Waals surface area (Å²) < 4.78 is 5.56. The number of nitrogens with zero attached hydrogens (tertiary/aromatic N) is 2. The lowest BCUT2D eigenvalue weighted by Crippen LogP contribution is -2.40. The maximum absolute atomic E-state index is 12.6. The Hall–Kier alpha value is -2.15. The van der Waals surface area contributed by atoms with Crippen molar-refractivity contribution in [3.8, 4) is 0 Å². The van der Waals surface area contributed by atoms with Crippen molar-refractivity contribution >= 4 is 33.6 Å². The van der Waals surface area contributed by atoms with Gasteiger partial charge in [0, 0.05) is 22.6 Å². The van der Waals surface area contributed by atoms with Gasteiger partial charge in [0.2, 0.25) is 5.91 Å². The van der Waals surface area contributed by atoms with Crippen molar-refractivity contribution < 1.29 is 14.1 Å². The lowest BCUT2D eigenvalue weighted by molar-refractivity contribution is -0.117. The Kier molecular flexibility index (Phi) is 5.92. The summed E-state index contributed by atoms with van der Waals surface area (Å²) in [6.07, 6.45) is 1.37. The average Bonchev–Trinajstić information content (AvgIpc) is 2.99. The van der Waals surface area contributed by atoms with Gasteiger partial charge in [0.15, 0.2) is 5.82 Å². The van der Waals surface area contributed by atoms with Crippen molar-refractivity contribution in [3.63, 3.8) is 0 Å². The Balaban J connectivity index is 2.07. The van der Waals surface area contributed by atoms with Crippen molar-refractivity contribution in [3.05, 3.63) is 46.6 Å². The van der Waals surface area contributed by atoms with Crippen LogP contribution in [0.2, 0.25) is 0 Å². The topological polar surface area (TPSA) is 75.4 Å². The third kappa shape index (κ3) is 5.21. The number of anilines is 1. The van der Waals surface area contributed by atoms with Crippen molar-refractivity contribution in [2.45, 2.75) is 13.8 Å². The largest absolute Gasteiger partial charge is 0.363 e. The van der Waals surface area contributed by atoms with E-state index < -0.39 is 0 Å². The van der Waals surface area contributed by atoms with E-state index in [1.54, 1.807) is 30.3 Å². The molecule has 0 unspecified atom stereocenters. The summed E-state index contributed by atoms with van der Waals surface area (Å²) >= 11 is 3.34. The molecule has 2 rings (SSSR count). The predicted molar refractivity (Wildman–Crippen MR) is 90.0 cm³/mol. The van der Waals surface area contributed by atoms with Gasteiger partial charge in [-0.15, -0.1) is 0 Å². The van der Waals surface area contributed by atoms with E-state index in [4.69, 9.17) is 0 Å². The van der Waals surface area contributed by atoms with Crippen LogP contribution in [0, 0.1) is 5.92 Å². The molecule has 2 amide bonds. The van der Waals surface area contributed by atoms with Gasteiger partial charge in [-0.25, -0.2) is 0 Å². The summed E-state index contributed by atoms with van der Waals surface area (Å²) in [5, 5.41) is 6.22. The molecule has 0 radical (unpaired) electrons. The molecule has 0 spiro atoms. The van der Waals surface area contributed by atoms with E-state index in [1.165, 1.54) is 11.2 Å². The van der Waals surface area contributed by atoms with Crippen molar-refractivity contribution in [2.24, 2.45) is 5.92 Å². The SMILES string of the molecule is CC(C)CN(CC(=O)Nc1ccon1)C(=O)c1ccc(Br)cc1. The molecule has 0 aliphatic rings. The Bertz CT molecular complexity index is 654. The van der Waals surface area contributed by atoms with E-state index in [-0.39, 0.29) is 24.3 Å². The van der Waals surface area contributed by atoms with Gasteiger partial charge < -0.3 is 14.7 Å². The molecule has 122 valence electrons. The maximum atomic E-state index is 12.6. The number of halogens is 1. The zero-order chi connectivity index (χ0) is 16.8. The number of hydrogen-bond donors (Lipinski definition) is 1. The zero-order valence-electron chi connectivity index (χ0n) is 13.0. The molecule has 1 aromatic carbocycles. The Morgan fingerprint density at radius 3 is 2.52 bits per heavy atom. The average molecular weight is 380 g/mol. The molecular formula is C16H18BrN3O3. The predicted octanol–water partition coefficient (Wildman–Crippen LogP) is 3.17. The summed E-state index contributed by atoms with van der Waals surface area (Å²) in [6.45, 7) is 4.44. The minimum atomic E-state index is -0.315. The normalized spacial score (nSPS) is 10.6. The number of carbonyl (C=O) groups is 2. The molecule has 1 heterocycles. The van der Waals surface area contributed by atoms with Crippen LogP contribution in [0.1, 0.15) is 24.2 Å². The van der Waals surface area contributed by atoms with Gasteiger partial charge in [-0.3, -0.25) is 9.59 Å². The van der Waals surface area contributed by atoms with Crippen LogP contribution >= 0.6 is 15.9 Å². The Morgan fingerprint density at radius 1 is 1.26 bits per heavy atom. The number of rotatable bonds is 6. The minimum absolute atomic E-state index is 0.0417. The fourth-order valence-electron chi connectivity index (χ4n) is 2.07. The highest BCUT2D eigenvalue weighted by atomic mass is 79.9. The minimum Gasteiger partial charge on any atom is -0.363 e. The highest BCUT2D eigenvalue weighted by Crippen LogP contribution is 2.13. The third-order valence-electron chi connectivity index (χ3n) is 3.00. The fourth-order valence-corrected chi connectivity index (χ4v) is 2.33. The number of hydrogen-bond acceptors (Lipinski definition) is 4. The smallest absolute Gasteiger partial charge is 0.254 e. The Labute approximate surface area is 143 Å². The molecule has 0 saturated carbocycles. The lowest BCUT2D eigenvalue weighted by atomic mass is 10.1. The second-order valence-corrected chi connectivity index (χ2v) is 6.43. The van der Waals surface area contributed by atoms with Crippen molar-refractivity contribution in [1.82, 2.24) is 10.1 Å². The van der Waals surface area contributed by atoms with Crippen molar-refractivity contribution in [2.75, 3.05) is 18.4 Å². The molecule has 2 aromatic rings. The molecule has 23 heavy (non-hydrogen) atoms. The number of amides is 2. The summed E-state index contributed by atoms with van der Waals surface area (Å²) in [6, 6.07) is 8.61. The first kappa shape index (κ1) is 17.2. The van der Waals surface area contributed by atoms with E-state index in [1.807, 2.05) is 13.8 Å². The van der Waals surface area contributed by atoms with Gasteiger partial charge in [0.1, 0.15) is 12.8 Å². The Morgan fingerprint density at radius 2 is 1.96 bits per heavy atom. The number of nitrogens with one attached hydrogen (secondary N) is 1. The molecule has 0 aliphatic carbocycles. The summed E-state index contributed by atoms with van der Waals surface area (Å²) in [5.74, 6) is 0.0800. The van der Waals surface area contributed by atoms with Gasteiger partial charge in [-0.05, 0) is 30.2 Å². The number of carbonyl (C=O) groups excluding carboxylic acids is 2. The first-order chi connectivity index (χ1) is 11.0. The van der Waals surface area contributed by atoms with Gasteiger partial charge >= 0.3 is 0 Å². The first-order valence-corrected chi connectivity index (χ1v) is 8.00. The number of aromatic nitrogens is 1. The molecule has 0 aliphatic heterocycles. The van der Waals surface area contributed by atoms with Crippen LogP contribution < -0.4 is 5.32 Å². The van der Waals surface area contributed by atoms with Gasteiger partial charge in [-0.1, -0.05) is 34.9 Å². The molecule has 1 N–H and O–H groups in total. The van der Waals surface area contributed by atoms with E-state index in [9.17, 15) is 9.59 Å². The molecule has 0 bridgehead atoms. The summed E-state index contributed by atoms with van der Waals surface area (Å²) in [7, 11) is 0. The second-order valence-electron chi connectivity index (χ2n) is 5.52. The molecule has 6 nitrogen and oxygen atoms in total. The van der Waals surface area contributed by atoms with Crippen LogP contribution in [-0.4, -0.2) is 35.0 Å². The van der Waals surface area contributed by atoms with Gasteiger partial charge in [0.05, 0.1) is 0 Å². The molecule has 0 atom stereocenters. The van der Waals surface area contributed by atoms with E-state index in [0.717, 1.165) is 4.47 Å². The van der Waals surface area contributed by atoms with E-state index in [2.05, 4.69) is 30.9 Å². The molecule has 1 aromatic heterocycles. The highest BCUT2D eigenvalue weighted by Gasteiger charge is 2.20. The molecule has 7 heteroatoms. The third-order valence-corrected chi connectivity index (χ3v) is 3.53. The van der Waals surface area contributed by atoms with Crippen LogP contribution in [0.3, 0.4) is 0 Å². The highest BCUT2D eigenvalue weighted by molar-refractivity contribution is 9.10. The van der Waals surface area contributed by atoms with Crippen LogP contribution in [0.5, 0.6) is 0 Å². The van der Waals surface area contributed by atoms with Crippen LogP contribution in [-0.2, 0) is 4.79 Å². The lowest BCUT2D eigenvalue weighted by Gasteiger charge is -2.24. The van der Waals surface area contributed by atoms with Crippen molar-refractivity contribution in [1.29, 1.82) is 0 Å². The summed E-state index contributed by atoms with van der Waals surface area (Å²) in [4.78, 5) is 26.3. The quantitative estimate of drug-likeness (QED) is 0.835. The fraction of sp³-hybridized carbons (Fsp3) is 0.312. The van der Waals surface area contributed by atoms with Gasteiger partial charge in [-0.2, -0.15) is 0 Å². The molecular weight excluding hydrogens is 362 g/mol. The first-order valence-electron chi connectivity index (χ1n) is 7.21. The zero-order valence-corrected chi connectivity index (χ0v) is 14.5. The van der Waals surface area contributed by atoms with E-state index in [0.29, 0.717) is 17.9 Å². The molecule has 0 fully saturated rings. The second kappa shape index (κ2) is 7.92. The van der Waals surface area contributed by atoms with E-state index >= 15 is 0 Å².